The summed E-state index contributed by atoms with van der Waals surface area (Å²) in [7, 11) is 0. The monoisotopic (exact) mass is 172 g/mol. The van der Waals surface area contributed by atoms with Gasteiger partial charge in [0.2, 0.25) is 0 Å². The standard InChI is InChI=1S/C11H12N2/c1-10(7-12)8-13-9-11-5-3-2-4-6-11/h2-6,9-10H,8H2,1H3/b13-9+. The van der Waals surface area contributed by atoms with Crippen molar-refractivity contribution < 1.29 is 0 Å². The highest BCUT2D eigenvalue weighted by molar-refractivity contribution is 5.79. The van der Waals surface area contributed by atoms with E-state index >= 15 is 0 Å². The number of benzene rings is 1. The molecule has 0 radical (unpaired) electrons. The molecule has 0 N–H and O–H groups in total. The second kappa shape index (κ2) is 5.10. The van der Waals surface area contributed by atoms with E-state index in [-0.39, 0.29) is 5.92 Å². The first-order valence-electron chi connectivity index (χ1n) is 4.27. The van der Waals surface area contributed by atoms with Gasteiger partial charge in [-0.25, -0.2) is 0 Å². The molecule has 0 fully saturated rings. The summed E-state index contributed by atoms with van der Waals surface area (Å²) in [6.45, 7) is 2.44. The largest absolute Gasteiger partial charge is 0.291 e. The third-order valence-electron chi connectivity index (χ3n) is 1.64. The summed E-state index contributed by atoms with van der Waals surface area (Å²) in [4.78, 5) is 4.16. The SMILES string of the molecule is CC(C#N)C/N=C/c1ccccc1. The molecule has 0 saturated heterocycles. The Morgan fingerprint density at radius 2 is 2.15 bits per heavy atom. The number of aliphatic imine (C=N–C) groups is 1. The van der Waals surface area contributed by atoms with E-state index in [0.717, 1.165) is 5.56 Å². The maximum atomic E-state index is 8.51. The highest BCUT2D eigenvalue weighted by Crippen LogP contribution is 1.96. The van der Waals surface area contributed by atoms with Crippen LogP contribution in [0.5, 0.6) is 0 Å². The van der Waals surface area contributed by atoms with Crippen molar-refractivity contribution in [2.75, 3.05) is 6.54 Å². The highest BCUT2D eigenvalue weighted by atomic mass is 14.7. The molecule has 2 nitrogen and oxygen atoms in total. The van der Waals surface area contributed by atoms with Crippen LogP contribution in [0.3, 0.4) is 0 Å². The van der Waals surface area contributed by atoms with Gasteiger partial charge >= 0.3 is 0 Å². The number of rotatable bonds is 3. The highest BCUT2D eigenvalue weighted by Gasteiger charge is 1.94. The molecule has 0 aliphatic heterocycles. The van der Waals surface area contributed by atoms with Gasteiger partial charge in [-0.2, -0.15) is 5.26 Å². The van der Waals surface area contributed by atoms with Crippen molar-refractivity contribution in [2.45, 2.75) is 6.92 Å². The van der Waals surface area contributed by atoms with Crippen LogP contribution >= 0.6 is 0 Å². The third kappa shape index (κ3) is 3.53. The van der Waals surface area contributed by atoms with Crippen LogP contribution in [0.4, 0.5) is 0 Å². The van der Waals surface area contributed by atoms with Crippen molar-refractivity contribution in [3.63, 3.8) is 0 Å². The van der Waals surface area contributed by atoms with Gasteiger partial charge in [0.15, 0.2) is 0 Å². The van der Waals surface area contributed by atoms with Gasteiger partial charge in [0, 0.05) is 6.21 Å². The van der Waals surface area contributed by atoms with Gasteiger partial charge in [-0.15, -0.1) is 0 Å². The molecule has 1 atom stereocenters. The molecule has 66 valence electrons. The van der Waals surface area contributed by atoms with E-state index in [4.69, 9.17) is 5.26 Å². The molecule has 1 rings (SSSR count). The predicted molar refractivity (Wildman–Crippen MR) is 53.7 cm³/mol. The van der Waals surface area contributed by atoms with E-state index < -0.39 is 0 Å². The lowest BCUT2D eigenvalue weighted by Crippen LogP contribution is -1.95. The Hall–Kier alpha value is -1.62. The van der Waals surface area contributed by atoms with E-state index in [1.165, 1.54) is 0 Å². The minimum atomic E-state index is -0.0000350. The van der Waals surface area contributed by atoms with Crippen LogP contribution in [0.25, 0.3) is 0 Å². The van der Waals surface area contributed by atoms with Crippen molar-refractivity contribution in [1.82, 2.24) is 0 Å². The van der Waals surface area contributed by atoms with Gasteiger partial charge in [0.1, 0.15) is 0 Å². The van der Waals surface area contributed by atoms with E-state index in [1.807, 2.05) is 37.3 Å². The fourth-order valence-corrected chi connectivity index (χ4v) is 0.896. The minimum Gasteiger partial charge on any atom is -0.291 e. The summed E-state index contributed by atoms with van der Waals surface area (Å²) in [5, 5.41) is 8.51. The summed E-state index contributed by atoms with van der Waals surface area (Å²) < 4.78 is 0. The molecule has 0 heterocycles. The Kier molecular flexibility index (Phi) is 3.72. The van der Waals surface area contributed by atoms with Crippen molar-refractivity contribution in [3.05, 3.63) is 35.9 Å². The predicted octanol–water partition coefficient (Wildman–Crippen LogP) is 2.27. The second-order valence-electron chi connectivity index (χ2n) is 2.94. The summed E-state index contributed by atoms with van der Waals surface area (Å²) in [5.41, 5.74) is 1.08. The van der Waals surface area contributed by atoms with Crippen molar-refractivity contribution in [3.8, 4) is 6.07 Å². The molecule has 2 heteroatoms. The molecule has 0 bridgehead atoms. The molecular formula is C11H12N2. The lowest BCUT2D eigenvalue weighted by atomic mass is 10.2. The van der Waals surface area contributed by atoms with E-state index in [1.54, 1.807) is 6.21 Å². The van der Waals surface area contributed by atoms with Crippen molar-refractivity contribution in [1.29, 1.82) is 5.26 Å². The number of hydrogen-bond acceptors (Lipinski definition) is 2. The van der Waals surface area contributed by atoms with E-state index in [2.05, 4.69) is 11.1 Å². The Bertz CT molecular complexity index is 309. The van der Waals surface area contributed by atoms with Crippen LogP contribution in [0.1, 0.15) is 12.5 Å². The summed E-state index contributed by atoms with van der Waals surface area (Å²) in [5.74, 6) is -0.0000350. The Balaban J connectivity index is 2.47. The van der Waals surface area contributed by atoms with Crippen LogP contribution in [0.15, 0.2) is 35.3 Å². The van der Waals surface area contributed by atoms with Gasteiger partial charge in [0.05, 0.1) is 18.5 Å². The Morgan fingerprint density at radius 3 is 2.77 bits per heavy atom. The maximum Gasteiger partial charge on any atom is 0.0672 e. The number of nitrogens with zero attached hydrogens (tertiary/aromatic N) is 2. The molecule has 0 spiro atoms. The molecule has 13 heavy (non-hydrogen) atoms. The maximum absolute atomic E-state index is 8.51. The topological polar surface area (TPSA) is 36.1 Å². The summed E-state index contributed by atoms with van der Waals surface area (Å²) >= 11 is 0. The Labute approximate surface area is 78.5 Å². The summed E-state index contributed by atoms with van der Waals surface area (Å²) in [6, 6.07) is 12.0. The van der Waals surface area contributed by atoms with Gasteiger partial charge in [-0.05, 0) is 12.5 Å². The molecular weight excluding hydrogens is 160 g/mol. The fourth-order valence-electron chi connectivity index (χ4n) is 0.896. The zero-order valence-corrected chi connectivity index (χ0v) is 7.64. The van der Waals surface area contributed by atoms with Crippen molar-refractivity contribution >= 4 is 6.21 Å². The van der Waals surface area contributed by atoms with Gasteiger partial charge < -0.3 is 0 Å². The van der Waals surface area contributed by atoms with Crippen LogP contribution in [-0.4, -0.2) is 12.8 Å². The first-order chi connectivity index (χ1) is 6.33. The van der Waals surface area contributed by atoms with Gasteiger partial charge in [-0.1, -0.05) is 30.3 Å². The first-order valence-corrected chi connectivity index (χ1v) is 4.27. The van der Waals surface area contributed by atoms with Crippen molar-refractivity contribution in [2.24, 2.45) is 10.9 Å². The molecule has 1 unspecified atom stereocenters. The fraction of sp³-hybridized carbons (Fsp3) is 0.273. The summed E-state index contributed by atoms with van der Waals surface area (Å²) in [6.07, 6.45) is 1.80. The van der Waals surface area contributed by atoms with Crippen LogP contribution in [-0.2, 0) is 0 Å². The molecule has 0 aliphatic carbocycles. The van der Waals surface area contributed by atoms with Gasteiger partial charge in [-0.3, -0.25) is 4.99 Å². The molecule has 1 aromatic carbocycles. The van der Waals surface area contributed by atoms with Crippen LogP contribution < -0.4 is 0 Å². The van der Waals surface area contributed by atoms with E-state index in [0.29, 0.717) is 6.54 Å². The smallest absolute Gasteiger partial charge is 0.0672 e. The zero-order chi connectivity index (χ0) is 9.52. The average molecular weight is 172 g/mol. The van der Waals surface area contributed by atoms with Gasteiger partial charge in [0.25, 0.3) is 0 Å². The second-order valence-corrected chi connectivity index (χ2v) is 2.94. The average Bonchev–Trinajstić information content (AvgIpc) is 2.19. The molecule has 0 aliphatic rings. The number of hydrogen-bond donors (Lipinski definition) is 0. The zero-order valence-electron chi connectivity index (χ0n) is 7.64. The molecule has 0 amide bonds. The minimum absolute atomic E-state index is 0.0000350. The van der Waals surface area contributed by atoms with Crippen LogP contribution in [0, 0.1) is 17.2 Å². The lowest BCUT2D eigenvalue weighted by Gasteiger charge is -1.94. The van der Waals surface area contributed by atoms with Crippen LogP contribution in [0.2, 0.25) is 0 Å². The lowest BCUT2D eigenvalue weighted by molar-refractivity contribution is 0.759. The molecule has 0 saturated carbocycles. The quantitative estimate of drug-likeness (QED) is 0.644. The Morgan fingerprint density at radius 1 is 1.46 bits per heavy atom. The van der Waals surface area contributed by atoms with E-state index in [9.17, 15) is 0 Å². The molecule has 0 aromatic heterocycles. The normalized spacial score (nSPS) is 12.6. The molecule has 1 aromatic rings. The number of nitriles is 1. The first kappa shape index (κ1) is 9.47. The third-order valence-corrected chi connectivity index (χ3v) is 1.64.